The van der Waals surface area contributed by atoms with Gasteiger partial charge in [-0.25, -0.2) is 4.98 Å². The first kappa shape index (κ1) is 17.3. The molecule has 0 aliphatic carbocycles. The molecule has 0 spiro atoms. The average molecular weight is 349 g/mol. The molecule has 2 aromatic carbocycles. The Morgan fingerprint density at radius 2 is 1.81 bits per heavy atom. The second kappa shape index (κ2) is 8.02. The number of hydrogen-bond acceptors (Lipinski definition) is 5. The van der Waals surface area contributed by atoms with Gasteiger partial charge in [0.25, 0.3) is 5.91 Å². The van der Waals surface area contributed by atoms with E-state index >= 15 is 0 Å². The summed E-state index contributed by atoms with van der Waals surface area (Å²) >= 11 is 0. The first-order valence-corrected chi connectivity index (χ1v) is 8.05. The summed E-state index contributed by atoms with van der Waals surface area (Å²) in [4.78, 5) is 16.1. The maximum absolute atomic E-state index is 12.1. The summed E-state index contributed by atoms with van der Waals surface area (Å²) in [5, 5.41) is 2.82. The summed E-state index contributed by atoms with van der Waals surface area (Å²) < 4.78 is 11.0. The van der Waals surface area contributed by atoms with Gasteiger partial charge in [0.1, 0.15) is 23.1 Å². The van der Waals surface area contributed by atoms with Crippen molar-refractivity contribution >= 4 is 11.7 Å². The summed E-state index contributed by atoms with van der Waals surface area (Å²) in [6, 6.07) is 18.2. The number of rotatable bonds is 6. The fourth-order valence-corrected chi connectivity index (χ4v) is 2.36. The molecule has 1 heterocycles. The zero-order valence-corrected chi connectivity index (χ0v) is 14.3. The molecule has 1 amide bonds. The van der Waals surface area contributed by atoms with E-state index in [4.69, 9.17) is 15.2 Å². The molecule has 6 heteroatoms. The predicted octanol–water partition coefficient (Wildman–Crippen LogP) is 3.39. The third-order valence-electron chi connectivity index (χ3n) is 3.74. The SMILES string of the molecule is COc1cccc(Oc2ccc(CNC(=O)c3cccnc3N)cc2)c1. The quantitative estimate of drug-likeness (QED) is 0.712. The van der Waals surface area contributed by atoms with Crippen molar-refractivity contribution in [2.45, 2.75) is 6.54 Å². The number of aromatic nitrogens is 1. The number of pyridine rings is 1. The standard InChI is InChI=1S/C20H19N3O3/c1-25-16-4-2-5-17(12-16)26-15-9-7-14(8-10-15)13-23-20(24)18-6-3-11-22-19(18)21/h2-12H,13H2,1H3,(H2,21,22)(H,23,24). The van der Waals surface area contributed by atoms with E-state index in [1.807, 2.05) is 48.5 Å². The number of methoxy groups -OCH3 is 1. The molecule has 6 nitrogen and oxygen atoms in total. The number of ether oxygens (including phenoxy) is 2. The normalized spacial score (nSPS) is 10.2. The number of nitrogens with one attached hydrogen (secondary N) is 1. The van der Waals surface area contributed by atoms with Crippen LogP contribution in [0.1, 0.15) is 15.9 Å². The molecule has 0 saturated carbocycles. The van der Waals surface area contributed by atoms with Gasteiger partial charge in [-0.3, -0.25) is 4.79 Å². The fraction of sp³-hybridized carbons (Fsp3) is 0.100. The monoisotopic (exact) mass is 349 g/mol. The van der Waals surface area contributed by atoms with Crippen LogP contribution < -0.4 is 20.5 Å². The minimum atomic E-state index is -0.257. The van der Waals surface area contributed by atoms with Crippen LogP contribution in [-0.2, 0) is 6.54 Å². The van der Waals surface area contributed by atoms with Crippen molar-refractivity contribution in [3.05, 3.63) is 78.0 Å². The average Bonchev–Trinajstić information content (AvgIpc) is 2.68. The van der Waals surface area contributed by atoms with Crippen LogP contribution in [0.5, 0.6) is 17.2 Å². The molecule has 3 rings (SSSR count). The number of nitrogen functional groups attached to an aromatic ring is 1. The fourth-order valence-electron chi connectivity index (χ4n) is 2.36. The number of carbonyl (C=O) groups is 1. The van der Waals surface area contributed by atoms with Crippen LogP contribution in [0.2, 0.25) is 0 Å². The molecular formula is C20H19N3O3. The summed E-state index contributed by atoms with van der Waals surface area (Å²) in [7, 11) is 1.61. The van der Waals surface area contributed by atoms with Crippen molar-refractivity contribution in [3.8, 4) is 17.2 Å². The highest BCUT2D eigenvalue weighted by molar-refractivity contribution is 5.98. The van der Waals surface area contributed by atoms with Gasteiger partial charge < -0.3 is 20.5 Å². The lowest BCUT2D eigenvalue weighted by Crippen LogP contribution is -2.24. The molecular weight excluding hydrogens is 330 g/mol. The van der Waals surface area contributed by atoms with Gasteiger partial charge in [0.05, 0.1) is 12.7 Å². The van der Waals surface area contributed by atoms with Crippen molar-refractivity contribution in [1.29, 1.82) is 0 Å². The van der Waals surface area contributed by atoms with Crippen LogP contribution in [-0.4, -0.2) is 18.0 Å². The number of anilines is 1. The van der Waals surface area contributed by atoms with Gasteiger partial charge in [-0.15, -0.1) is 0 Å². The molecule has 0 saturated heterocycles. The molecule has 0 atom stereocenters. The second-order valence-electron chi connectivity index (χ2n) is 5.54. The Labute approximate surface area is 151 Å². The number of carbonyl (C=O) groups excluding carboxylic acids is 1. The third-order valence-corrected chi connectivity index (χ3v) is 3.74. The number of hydrogen-bond donors (Lipinski definition) is 2. The van der Waals surface area contributed by atoms with E-state index in [1.165, 1.54) is 0 Å². The van der Waals surface area contributed by atoms with Crippen molar-refractivity contribution in [1.82, 2.24) is 10.3 Å². The summed E-state index contributed by atoms with van der Waals surface area (Å²) in [5.41, 5.74) is 7.02. The van der Waals surface area contributed by atoms with E-state index in [1.54, 1.807) is 25.4 Å². The zero-order chi connectivity index (χ0) is 18.4. The second-order valence-corrected chi connectivity index (χ2v) is 5.54. The van der Waals surface area contributed by atoms with Crippen LogP contribution in [0, 0.1) is 0 Å². The zero-order valence-electron chi connectivity index (χ0n) is 14.3. The smallest absolute Gasteiger partial charge is 0.255 e. The Morgan fingerprint density at radius 3 is 2.54 bits per heavy atom. The third kappa shape index (κ3) is 4.30. The molecule has 132 valence electrons. The Bertz CT molecular complexity index is 895. The van der Waals surface area contributed by atoms with Gasteiger partial charge in [0, 0.05) is 18.8 Å². The van der Waals surface area contributed by atoms with Crippen molar-refractivity contribution in [2.24, 2.45) is 0 Å². The van der Waals surface area contributed by atoms with Crippen molar-refractivity contribution in [3.63, 3.8) is 0 Å². The highest BCUT2D eigenvalue weighted by atomic mass is 16.5. The van der Waals surface area contributed by atoms with Gasteiger partial charge in [0.15, 0.2) is 0 Å². The summed E-state index contributed by atoms with van der Waals surface area (Å²) in [6.07, 6.45) is 1.55. The number of nitrogens with zero attached hydrogens (tertiary/aromatic N) is 1. The minimum Gasteiger partial charge on any atom is -0.497 e. The topological polar surface area (TPSA) is 86.5 Å². The molecule has 3 N–H and O–H groups in total. The van der Waals surface area contributed by atoms with Crippen molar-refractivity contribution in [2.75, 3.05) is 12.8 Å². The minimum absolute atomic E-state index is 0.215. The summed E-state index contributed by atoms with van der Waals surface area (Å²) in [6.45, 7) is 0.382. The largest absolute Gasteiger partial charge is 0.497 e. The highest BCUT2D eigenvalue weighted by Crippen LogP contribution is 2.25. The van der Waals surface area contributed by atoms with E-state index < -0.39 is 0 Å². The van der Waals surface area contributed by atoms with Crippen LogP contribution in [0.15, 0.2) is 66.9 Å². The van der Waals surface area contributed by atoms with Crippen LogP contribution >= 0.6 is 0 Å². The van der Waals surface area contributed by atoms with E-state index in [0.29, 0.717) is 23.6 Å². The Morgan fingerprint density at radius 1 is 1.04 bits per heavy atom. The maximum Gasteiger partial charge on any atom is 0.255 e. The van der Waals surface area contributed by atoms with Crippen LogP contribution in [0.3, 0.4) is 0 Å². The number of benzene rings is 2. The predicted molar refractivity (Wildman–Crippen MR) is 99.3 cm³/mol. The van der Waals surface area contributed by atoms with Crippen molar-refractivity contribution < 1.29 is 14.3 Å². The van der Waals surface area contributed by atoms with Gasteiger partial charge >= 0.3 is 0 Å². The lowest BCUT2D eigenvalue weighted by atomic mass is 10.2. The van der Waals surface area contributed by atoms with Gasteiger partial charge in [0.2, 0.25) is 0 Å². The molecule has 26 heavy (non-hydrogen) atoms. The van der Waals surface area contributed by atoms with Gasteiger partial charge in [-0.05, 0) is 42.0 Å². The van der Waals surface area contributed by atoms with Gasteiger partial charge in [-0.2, -0.15) is 0 Å². The molecule has 0 unspecified atom stereocenters. The van der Waals surface area contributed by atoms with E-state index in [9.17, 15) is 4.79 Å². The summed E-state index contributed by atoms with van der Waals surface area (Å²) in [5.74, 6) is 2.08. The molecule has 3 aromatic rings. The lowest BCUT2D eigenvalue weighted by Gasteiger charge is -2.09. The number of nitrogens with two attached hydrogens (primary N) is 1. The highest BCUT2D eigenvalue weighted by Gasteiger charge is 2.09. The van der Waals surface area contributed by atoms with E-state index in [2.05, 4.69) is 10.3 Å². The lowest BCUT2D eigenvalue weighted by molar-refractivity contribution is 0.0951. The molecule has 0 radical (unpaired) electrons. The van der Waals surface area contributed by atoms with Gasteiger partial charge in [-0.1, -0.05) is 18.2 Å². The van der Waals surface area contributed by atoms with Crippen LogP contribution in [0.4, 0.5) is 5.82 Å². The molecule has 1 aromatic heterocycles. The Hall–Kier alpha value is -3.54. The number of amides is 1. The maximum atomic E-state index is 12.1. The first-order valence-electron chi connectivity index (χ1n) is 8.05. The van der Waals surface area contributed by atoms with E-state index in [0.717, 1.165) is 11.3 Å². The Kier molecular flexibility index (Phi) is 5.34. The van der Waals surface area contributed by atoms with Crippen LogP contribution in [0.25, 0.3) is 0 Å². The van der Waals surface area contributed by atoms with E-state index in [-0.39, 0.29) is 11.7 Å². The first-order chi connectivity index (χ1) is 12.7. The molecule has 0 aliphatic heterocycles. The Balaban J connectivity index is 1.59. The molecule has 0 fully saturated rings. The molecule has 0 bridgehead atoms. The molecule has 0 aliphatic rings.